The number of amides is 1. The highest BCUT2D eigenvalue weighted by Gasteiger charge is 2.46. The van der Waals surface area contributed by atoms with Crippen molar-refractivity contribution in [3.8, 4) is 0 Å². The summed E-state index contributed by atoms with van der Waals surface area (Å²) < 4.78 is 48.0. The van der Waals surface area contributed by atoms with Crippen LogP contribution in [0.1, 0.15) is 65.7 Å². The van der Waals surface area contributed by atoms with Crippen molar-refractivity contribution in [2.24, 2.45) is 5.92 Å². The van der Waals surface area contributed by atoms with Crippen molar-refractivity contribution in [1.29, 1.82) is 0 Å². The second-order valence-electron chi connectivity index (χ2n) is 9.60. The average Bonchev–Trinajstić information content (AvgIpc) is 3.58. The van der Waals surface area contributed by atoms with Crippen molar-refractivity contribution in [3.05, 3.63) is 40.7 Å². The molecule has 5 rings (SSSR count). The van der Waals surface area contributed by atoms with E-state index < -0.39 is 41.0 Å². The van der Waals surface area contributed by atoms with Gasteiger partial charge >= 0.3 is 5.97 Å². The molecule has 0 bridgehead atoms. The van der Waals surface area contributed by atoms with Crippen molar-refractivity contribution in [3.63, 3.8) is 0 Å². The minimum atomic E-state index is -2.78. The molecular formula is C23H25F3N6O4. The monoisotopic (exact) mass is 506 g/mol. The number of carboxylic acids is 1. The predicted molar refractivity (Wildman–Crippen MR) is 119 cm³/mol. The lowest BCUT2D eigenvalue weighted by Crippen LogP contribution is -2.38. The molecule has 0 spiro atoms. The van der Waals surface area contributed by atoms with E-state index >= 15 is 4.39 Å². The van der Waals surface area contributed by atoms with Crippen LogP contribution in [-0.4, -0.2) is 56.3 Å². The number of rotatable bonds is 6. The third-order valence-electron chi connectivity index (χ3n) is 7.37. The third kappa shape index (κ3) is 4.10. The molecule has 1 aromatic carbocycles. The number of fused-ring (bicyclic) bond motifs is 1. The molecule has 3 aromatic rings. The number of nitrogens with one attached hydrogen (secondary N) is 3. The maximum absolute atomic E-state index is 15.7. The summed E-state index contributed by atoms with van der Waals surface area (Å²) in [6, 6.07) is 2.13. The molecule has 13 heteroatoms. The number of hydrogen-bond acceptors (Lipinski definition) is 7. The van der Waals surface area contributed by atoms with E-state index in [0.717, 1.165) is 0 Å². The number of benzene rings is 1. The van der Waals surface area contributed by atoms with Gasteiger partial charge in [-0.15, -0.1) is 0 Å². The quantitative estimate of drug-likeness (QED) is 0.399. The van der Waals surface area contributed by atoms with Gasteiger partial charge in [-0.3, -0.25) is 9.59 Å². The molecule has 36 heavy (non-hydrogen) atoms. The van der Waals surface area contributed by atoms with Gasteiger partial charge in [0.1, 0.15) is 22.5 Å². The molecule has 2 aromatic heterocycles. The molecule has 1 amide bonds. The molecule has 1 aliphatic carbocycles. The van der Waals surface area contributed by atoms with Crippen LogP contribution in [0.4, 0.5) is 13.2 Å². The fourth-order valence-corrected chi connectivity index (χ4v) is 5.25. The smallest absolute Gasteiger partial charge is 0.315 e. The first kappa shape index (κ1) is 24.2. The van der Waals surface area contributed by atoms with Crippen LogP contribution >= 0.6 is 0 Å². The summed E-state index contributed by atoms with van der Waals surface area (Å²) in [5, 5.41) is 22.8. The Kier molecular flexibility index (Phi) is 5.97. The van der Waals surface area contributed by atoms with Gasteiger partial charge in [0.15, 0.2) is 11.5 Å². The topological polar surface area (TPSA) is 146 Å². The van der Waals surface area contributed by atoms with Gasteiger partial charge in [0, 0.05) is 24.9 Å². The molecule has 2 fully saturated rings. The number of nitrogens with zero attached hydrogens (tertiary/aromatic N) is 3. The van der Waals surface area contributed by atoms with Crippen LogP contribution in [0.5, 0.6) is 0 Å². The minimum absolute atomic E-state index is 0.0211. The average molecular weight is 506 g/mol. The zero-order chi connectivity index (χ0) is 25.7. The third-order valence-corrected chi connectivity index (χ3v) is 7.37. The Morgan fingerprint density at radius 1 is 1.22 bits per heavy atom. The van der Waals surface area contributed by atoms with E-state index in [4.69, 9.17) is 0 Å². The van der Waals surface area contributed by atoms with E-state index in [1.54, 1.807) is 6.07 Å². The number of aromatic nitrogens is 4. The first-order valence-electron chi connectivity index (χ1n) is 11.7. The normalized spacial score (nSPS) is 23.1. The van der Waals surface area contributed by atoms with Gasteiger partial charge in [0.05, 0.1) is 11.6 Å². The highest BCUT2D eigenvalue weighted by atomic mass is 19.3. The predicted octanol–water partition coefficient (Wildman–Crippen LogP) is 3.01. The van der Waals surface area contributed by atoms with Crippen LogP contribution in [0.25, 0.3) is 11.0 Å². The first-order valence-corrected chi connectivity index (χ1v) is 11.7. The summed E-state index contributed by atoms with van der Waals surface area (Å²) in [6.07, 6.45) is -0.232. The number of alkyl halides is 2. The van der Waals surface area contributed by atoms with Crippen molar-refractivity contribution < 1.29 is 32.5 Å². The van der Waals surface area contributed by atoms with Crippen LogP contribution < -0.4 is 10.6 Å². The lowest BCUT2D eigenvalue weighted by molar-refractivity contribution is -0.143. The zero-order valence-corrected chi connectivity index (χ0v) is 19.4. The van der Waals surface area contributed by atoms with Gasteiger partial charge in [-0.2, -0.15) is 0 Å². The molecule has 10 nitrogen and oxygen atoms in total. The van der Waals surface area contributed by atoms with Gasteiger partial charge in [0.25, 0.3) is 5.91 Å². The molecule has 3 heterocycles. The van der Waals surface area contributed by atoms with Crippen molar-refractivity contribution in [2.75, 3.05) is 13.1 Å². The molecule has 1 saturated carbocycles. The van der Waals surface area contributed by atoms with Crippen molar-refractivity contribution >= 4 is 22.9 Å². The second-order valence-corrected chi connectivity index (χ2v) is 9.60. The Morgan fingerprint density at radius 3 is 2.58 bits per heavy atom. The van der Waals surface area contributed by atoms with E-state index in [9.17, 15) is 23.5 Å². The molecule has 0 radical (unpaired) electrons. The molecule has 192 valence electrons. The fourth-order valence-electron chi connectivity index (χ4n) is 5.25. The lowest BCUT2D eigenvalue weighted by atomic mass is 9.79. The standard InChI is InChI=1S/C23H25F3N6O4/c1-11-16(32-36-31-11)20(33)30-17(12-4-6-23(25,26)7-5-12)19-28-14-3-2-13(15(24)18(14)29-19)22(21(34)35)8-9-27-10-22/h2-3,12,17,27H,4-10H2,1H3,(H,28,29)(H,30,33)(H,34,35)/t17-,22?/m0/s1. The maximum atomic E-state index is 15.7. The number of imidazole rings is 1. The Labute approximate surface area is 203 Å². The Morgan fingerprint density at radius 2 is 1.97 bits per heavy atom. The summed E-state index contributed by atoms with van der Waals surface area (Å²) in [5.74, 6) is -5.52. The summed E-state index contributed by atoms with van der Waals surface area (Å²) in [7, 11) is 0. The van der Waals surface area contributed by atoms with Crippen LogP contribution in [-0.2, 0) is 10.2 Å². The zero-order valence-electron chi connectivity index (χ0n) is 19.4. The van der Waals surface area contributed by atoms with Crippen LogP contribution in [0.3, 0.4) is 0 Å². The Hall–Kier alpha value is -3.48. The SMILES string of the molecule is Cc1nonc1C(=O)N[C@H](c1nc2c(F)c(C3(C(=O)O)CCNC3)ccc2[nH]1)C1CCC(F)(F)CC1. The molecule has 1 aliphatic heterocycles. The van der Waals surface area contributed by atoms with Gasteiger partial charge in [0.2, 0.25) is 5.92 Å². The Balaban J connectivity index is 1.53. The van der Waals surface area contributed by atoms with Gasteiger partial charge in [-0.25, -0.2) is 22.8 Å². The molecule has 1 unspecified atom stereocenters. The second kappa shape index (κ2) is 8.87. The van der Waals surface area contributed by atoms with Gasteiger partial charge < -0.3 is 20.7 Å². The number of aromatic amines is 1. The minimum Gasteiger partial charge on any atom is -0.481 e. The molecule has 4 N–H and O–H groups in total. The lowest BCUT2D eigenvalue weighted by Gasteiger charge is -2.33. The number of carbonyl (C=O) groups is 2. The molecule has 1 saturated heterocycles. The van der Waals surface area contributed by atoms with E-state index in [1.165, 1.54) is 13.0 Å². The number of hydrogen-bond donors (Lipinski definition) is 4. The highest BCUT2D eigenvalue weighted by molar-refractivity contribution is 5.93. The largest absolute Gasteiger partial charge is 0.481 e. The summed E-state index contributed by atoms with van der Waals surface area (Å²) in [4.78, 5) is 32.4. The summed E-state index contributed by atoms with van der Waals surface area (Å²) in [5.41, 5.74) is -0.967. The number of aliphatic carboxylic acids is 1. The Bertz CT molecular complexity index is 1310. The fraction of sp³-hybridized carbons (Fsp3) is 0.522. The summed E-state index contributed by atoms with van der Waals surface area (Å²) in [6.45, 7) is 2.06. The van der Waals surface area contributed by atoms with Crippen LogP contribution in [0.2, 0.25) is 0 Å². The van der Waals surface area contributed by atoms with Crippen LogP contribution in [0, 0.1) is 18.7 Å². The first-order chi connectivity index (χ1) is 17.1. The van der Waals surface area contributed by atoms with Gasteiger partial charge in [-0.05, 0) is 49.9 Å². The number of H-pyrrole nitrogens is 1. The molecule has 2 atom stereocenters. The van der Waals surface area contributed by atoms with Crippen molar-refractivity contribution in [2.45, 2.75) is 56.4 Å². The number of carbonyl (C=O) groups excluding carboxylic acids is 1. The van der Waals surface area contributed by atoms with Crippen LogP contribution in [0.15, 0.2) is 16.8 Å². The van der Waals surface area contributed by atoms with Crippen molar-refractivity contribution in [1.82, 2.24) is 30.9 Å². The number of aryl methyl sites for hydroxylation is 1. The molecular weight excluding hydrogens is 481 g/mol. The highest BCUT2D eigenvalue weighted by Crippen LogP contribution is 2.42. The van der Waals surface area contributed by atoms with Gasteiger partial charge in [-0.1, -0.05) is 11.2 Å². The maximum Gasteiger partial charge on any atom is 0.315 e. The van der Waals surface area contributed by atoms with E-state index in [0.29, 0.717) is 12.1 Å². The van der Waals surface area contributed by atoms with E-state index in [1.807, 2.05) is 0 Å². The number of halogens is 3. The number of carboxylic acid groups (broad SMARTS) is 1. The summed E-state index contributed by atoms with van der Waals surface area (Å²) >= 11 is 0. The van der Waals surface area contributed by atoms with E-state index in [2.05, 4.69) is 35.5 Å². The molecule has 2 aliphatic rings. The van der Waals surface area contributed by atoms with E-state index in [-0.39, 0.29) is 66.9 Å².